The highest BCUT2D eigenvalue weighted by Crippen LogP contribution is 2.02. The first-order chi connectivity index (χ1) is 5.76. The van der Waals surface area contributed by atoms with E-state index in [-0.39, 0.29) is 0 Å². The number of aliphatic imine (C=N–C) groups is 1. The summed E-state index contributed by atoms with van der Waals surface area (Å²) < 4.78 is 0. The maximum Gasteiger partial charge on any atom is 0.208 e. The lowest BCUT2D eigenvalue weighted by atomic mass is 10.4. The number of nitrogens with zero attached hydrogens (tertiary/aromatic N) is 4. The van der Waals surface area contributed by atoms with Crippen molar-refractivity contribution in [1.82, 2.24) is 4.90 Å². The summed E-state index contributed by atoms with van der Waals surface area (Å²) in [5.74, 6) is 0. The van der Waals surface area contributed by atoms with E-state index in [0.29, 0.717) is 18.1 Å². The molecule has 0 radical (unpaired) electrons. The summed E-state index contributed by atoms with van der Waals surface area (Å²) in [5, 5.41) is 17.3. The Labute approximate surface area is 76.5 Å². The van der Waals surface area contributed by atoms with Crippen molar-refractivity contribution in [3.05, 3.63) is 0 Å². The molecule has 0 aromatic carbocycles. The highest BCUT2D eigenvalue weighted by atomic mass is 32.2. The van der Waals surface area contributed by atoms with Crippen LogP contribution >= 0.6 is 11.8 Å². The van der Waals surface area contributed by atoms with Crippen molar-refractivity contribution >= 4 is 16.9 Å². The van der Waals surface area contributed by atoms with Gasteiger partial charge in [0.25, 0.3) is 0 Å². The predicted molar refractivity (Wildman–Crippen MR) is 49.4 cm³/mol. The van der Waals surface area contributed by atoms with Gasteiger partial charge in [-0.3, -0.25) is 0 Å². The van der Waals surface area contributed by atoms with Gasteiger partial charge < -0.3 is 4.90 Å². The van der Waals surface area contributed by atoms with Crippen LogP contribution in [0.3, 0.4) is 0 Å². The molecule has 0 aliphatic rings. The van der Waals surface area contributed by atoms with E-state index in [1.165, 1.54) is 11.8 Å². The minimum atomic E-state index is 0.446. The second-order valence-electron chi connectivity index (χ2n) is 2.03. The van der Waals surface area contributed by atoms with Gasteiger partial charge in [-0.2, -0.15) is 10.5 Å². The summed E-state index contributed by atoms with van der Waals surface area (Å²) in [6.45, 7) is 0.609. The largest absolute Gasteiger partial charge is 0.353 e. The number of hydrogen-bond donors (Lipinski definition) is 0. The zero-order valence-corrected chi connectivity index (χ0v) is 7.93. The van der Waals surface area contributed by atoms with Crippen LogP contribution in [0.5, 0.6) is 0 Å². The van der Waals surface area contributed by atoms with Gasteiger partial charge in [-0.15, -0.1) is 4.99 Å². The van der Waals surface area contributed by atoms with Gasteiger partial charge >= 0.3 is 0 Å². The number of nitriles is 2. The average Bonchev–Trinajstić information content (AvgIpc) is 2.10. The summed E-state index contributed by atoms with van der Waals surface area (Å²) in [5.41, 5.74) is 0. The number of hydrogen-bond acceptors (Lipinski definition) is 4. The van der Waals surface area contributed by atoms with Crippen LogP contribution in [0.15, 0.2) is 4.99 Å². The second kappa shape index (κ2) is 6.51. The monoisotopic (exact) mass is 182 g/mol. The summed E-state index contributed by atoms with van der Waals surface area (Å²) in [4.78, 5) is 5.39. The molecule has 12 heavy (non-hydrogen) atoms. The maximum absolute atomic E-state index is 8.31. The standard InChI is InChI=1S/C7H10N4S/c1-11(5-3-4-8)7(12-2)10-6-9/h3,5H2,1-2H3. The Kier molecular flexibility index (Phi) is 5.86. The fraction of sp³-hybridized carbons (Fsp3) is 0.571. The van der Waals surface area contributed by atoms with Crippen LogP contribution in [0.25, 0.3) is 0 Å². The van der Waals surface area contributed by atoms with Crippen LogP contribution in [0.2, 0.25) is 0 Å². The van der Waals surface area contributed by atoms with Crippen LogP contribution in [0.4, 0.5) is 0 Å². The molecule has 0 heterocycles. The van der Waals surface area contributed by atoms with Crippen LogP contribution in [-0.2, 0) is 0 Å². The summed E-state index contributed by atoms with van der Waals surface area (Å²) in [6, 6.07) is 2.03. The Morgan fingerprint density at radius 3 is 2.67 bits per heavy atom. The van der Waals surface area contributed by atoms with Crippen LogP contribution in [0.1, 0.15) is 6.42 Å². The Morgan fingerprint density at radius 2 is 2.25 bits per heavy atom. The van der Waals surface area contributed by atoms with Gasteiger partial charge in [0.1, 0.15) is 0 Å². The van der Waals surface area contributed by atoms with Gasteiger partial charge in [-0.25, -0.2) is 0 Å². The lowest BCUT2D eigenvalue weighted by molar-refractivity contribution is 0.526. The molecule has 0 rings (SSSR count). The van der Waals surface area contributed by atoms with Gasteiger partial charge in [0, 0.05) is 13.6 Å². The predicted octanol–water partition coefficient (Wildman–Crippen LogP) is 1.03. The Hall–Kier alpha value is -1.20. The minimum Gasteiger partial charge on any atom is -0.353 e. The first-order valence-corrected chi connectivity index (χ1v) is 4.57. The van der Waals surface area contributed by atoms with E-state index in [4.69, 9.17) is 10.5 Å². The normalized spacial score (nSPS) is 10.2. The van der Waals surface area contributed by atoms with E-state index in [9.17, 15) is 0 Å². The van der Waals surface area contributed by atoms with Crippen molar-refractivity contribution in [2.24, 2.45) is 4.99 Å². The maximum atomic E-state index is 8.31. The Morgan fingerprint density at radius 1 is 1.58 bits per heavy atom. The van der Waals surface area contributed by atoms with E-state index in [2.05, 4.69) is 4.99 Å². The molecule has 0 saturated carbocycles. The summed E-state index contributed by atoms with van der Waals surface area (Å²) >= 11 is 1.40. The van der Waals surface area contributed by atoms with Gasteiger partial charge in [0.05, 0.1) is 12.5 Å². The topological polar surface area (TPSA) is 63.2 Å². The molecular weight excluding hydrogens is 172 g/mol. The fourth-order valence-electron chi connectivity index (χ4n) is 0.643. The van der Waals surface area contributed by atoms with Gasteiger partial charge in [-0.1, -0.05) is 11.8 Å². The molecule has 0 aromatic heterocycles. The molecule has 0 fully saturated rings. The Balaban J connectivity index is 4.07. The molecule has 0 N–H and O–H groups in total. The number of rotatable bonds is 2. The number of amidine groups is 1. The lowest BCUT2D eigenvalue weighted by Gasteiger charge is -2.16. The molecular formula is C7H10N4S. The molecule has 5 heteroatoms. The van der Waals surface area contributed by atoms with E-state index in [1.807, 2.05) is 19.4 Å². The second-order valence-corrected chi connectivity index (χ2v) is 2.80. The molecule has 0 aliphatic heterocycles. The molecule has 0 aromatic rings. The highest BCUT2D eigenvalue weighted by Gasteiger charge is 2.03. The molecule has 0 aliphatic carbocycles. The zero-order chi connectivity index (χ0) is 9.40. The quantitative estimate of drug-likeness (QED) is 0.363. The van der Waals surface area contributed by atoms with E-state index < -0.39 is 0 Å². The van der Waals surface area contributed by atoms with Crippen LogP contribution in [0, 0.1) is 22.8 Å². The van der Waals surface area contributed by atoms with Gasteiger partial charge in [0.2, 0.25) is 6.19 Å². The molecule has 4 nitrogen and oxygen atoms in total. The third kappa shape index (κ3) is 3.85. The van der Waals surface area contributed by atoms with E-state index in [1.54, 1.807) is 11.1 Å². The van der Waals surface area contributed by atoms with Crippen molar-refractivity contribution in [2.75, 3.05) is 19.8 Å². The molecule has 0 amide bonds. The zero-order valence-electron chi connectivity index (χ0n) is 7.11. The van der Waals surface area contributed by atoms with Crippen molar-refractivity contribution < 1.29 is 0 Å². The molecule has 0 saturated heterocycles. The molecule has 64 valence electrons. The minimum absolute atomic E-state index is 0.446. The van der Waals surface area contributed by atoms with Crippen molar-refractivity contribution in [1.29, 1.82) is 10.5 Å². The first-order valence-electron chi connectivity index (χ1n) is 3.35. The van der Waals surface area contributed by atoms with Gasteiger partial charge in [0.15, 0.2) is 5.17 Å². The SMILES string of the molecule is CSC(=NC#N)N(C)CCC#N. The molecule has 0 spiro atoms. The van der Waals surface area contributed by atoms with Crippen LogP contribution in [-0.4, -0.2) is 29.9 Å². The smallest absolute Gasteiger partial charge is 0.208 e. The highest BCUT2D eigenvalue weighted by molar-refractivity contribution is 8.13. The van der Waals surface area contributed by atoms with Crippen molar-refractivity contribution in [3.8, 4) is 12.3 Å². The third-order valence-electron chi connectivity index (χ3n) is 1.21. The first kappa shape index (κ1) is 10.8. The van der Waals surface area contributed by atoms with Gasteiger partial charge in [-0.05, 0) is 6.26 Å². The fourth-order valence-corrected chi connectivity index (χ4v) is 1.18. The Bertz CT molecular complexity index is 235. The summed E-state index contributed by atoms with van der Waals surface area (Å²) in [7, 11) is 1.81. The molecule has 0 bridgehead atoms. The molecule has 0 atom stereocenters. The molecule has 0 unspecified atom stereocenters. The van der Waals surface area contributed by atoms with Crippen molar-refractivity contribution in [3.63, 3.8) is 0 Å². The van der Waals surface area contributed by atoms with E-state index >= 15 is 0 Å². The van der Waals surface area contributed by atoms with Crippen molar-refractivity contribution in [2.45, 2.75) is 6.42 Å². The third-order valence-corrected chi connectivity index (χ3v) is 1.98. The van der Waals surface area contributed by atoms with Crippen LogP contribution < -0.4 is 0 Å². The lowest BCUT2D eigenvalue weighted by Crippen LogP contribution is -2.24. The average molecular weight is 182 g/mol. The summed E-state index contributed by atoms with van der Waals surface area (Å²) in [6.07, 6.45) is 4.01. The number of thioether (sulfide) groups is 1. The van der Waals surface area contributed by atoms with E-state index in [0.717, 1.165) is 0 Å².